The highest BCUT2D eigenvalue weighted by atomic mass is 16.4. The highest BCUT2D eigenvalue weighted by Gasteiger charge is 2.23. The summed E-state index contributed by atoms with van der Waals surface area (Å²) in [5, 5.41) is 11.7. The Bertz CT molecular complexity index is 936. The fourth-order valence-corrected chi connectivity index (χ4v) is 3.24. The third-order valence-corrected chi connectivity index (χ3v) is 4.57. The van der Waals surface area contributed by atoms with Gasteiger partial charge in [-0.05, 0) is 49.2 Å². The van der Waals surface area contributed by atoms with Crippen LogP contribution in [0.5, 0.6) is 0 Å². The van der Waals surface area contributed by atoms with Crippen LogP contribution in [0.15, 0.2) is 52.9 Å². The van der Waals surface area contributed by atoms with Gasteiger partial charge >= 0.3 is 0 Å². The van der Waals surface area contributed by atoms with Crippen molar-refractivity contribution in [2.45, 2.75) is 26.3 Å². The fraction of sp³-hybridized carbons (Fsp3) is 0.250. The van der Waals surface area contributed by atoms with E-state index in [1.165, 1.54) is 5.56 Å². The molecule has 0 fully saturated rings. The molecular formula is C20H20N4O2. The fourth-order valence-electron chi connectivity index (χ4n) is 3.24. The lowest BCUT2D eigenvalue weighted by Gasteiger charge is -2.16. The van der Waals surface area contributed by atoms with Crippen molar-refractivity contribution in [3.8, 4) is 11.5 Å². The minimum absolute atomic E-state index is 0.0807. The number of anilines is 2. The molecule has 6 nitrogen and oxygen atoms in total. The van der Waals surface area contributed by atoms with Gasteiger partial charge in [0.2, 0.25) is 17.7 Å². The zero-order chi connectivity index (χ0) is 18.1. The zero-order valence-electron chi connectivity index (χ0n) is 14.8. The molecule has 0 spiro atoms. The lowest BCUT2D eigenvalue weighted by molar-refractivity contribution is -0.116. The number of hydrogen-bond donors (Lipinski definition) is 1. The topological polar surface area (TPSA) is 71.3 Å². The number of hydrogen-bond acceptors (Lipinski definition) is 5. The number of benzene rings is 2. The Balaban J connectivity index is 1.50. The van der Waals surface area contributed by atoms with Crippen molar-refractivity contribution < 1.29 is 9.21 Å². The van der Waals surface area contributed by atoms with E-state index in [0.29, 0.717) is 11.8 Å². The number of amides is 1. The molecule has 4 rings (SSSR count). The van der Waals surface area contributed by atoms with Crippen molar-refractivity contribution in [2.24, 2.45) is 0 Å². The molecule has 1 aliphatic rings. The first-order chi connectivity index (χ1) is 12.6. The molecule has 26 heavy (non-hydrogen) atoms. The normalized spacial score (nSPS) is 14.2. The second-order valence-corrected chi connectivity index (χ2v) is 6.44. The quantitative estimate of drug-likeness (QED) is 0.776. The molecule has 1 unspecified atom stereocenters. The molecule has 0 aliphatic carbocycles. The van der Waals surface area contributed by atoms with E-state index in [-0.39, 0.29) is 11.9 Å². The van der Waals surface area contributed by atoms with E-state index in [1.54, 1.807) is 6.92 Å². The summed E-state index contributed by atoms with van der Waals surface area (Å²) >= 11 is 0. The van der Waals surface area contributed by atoms with Gasteiger partial charge in [0, 0.05) is 30.4 Å². The molecule has 1 aromatic heterocycles. The van der Waals surface area contributed by atoms with Crippen molar-refractivity contribution >= 4 is 17.3 Å². The van der Waals surface area contributed by atoms with Crippen LogP contribution in [0.1, 0.15) is 31.3 Å². The van der Waals surface area contributed by atoms with E-state index in [2.05, 4.69) is 21.6 Å². The molecule has 6 heteroatoms. The Morgan fingerprint density at radius 3 is 2.77 bits per heavy atom. The first-order valence-corrected chi connectivity index (χ1v) is 8.68. The summed E-state index contributed by atoms with van der Waals surface area (Å²) in [4.78, 5) is 13.5. The third-order valence-electron chi connectivity index (χ3n) is 4.57. The second kappa shape index (κ2) is 6.63. The van der Waals surface area contributed by atoms with Crippen molar-refractivity contribution in [2.75, 3.05) is 16.8 Å². The lowest BCUT2D eigenvalue weighted by Crippen LogP contribution is -2.25. The van der Waals surface area contributed by atoms with Gasteiger partial charge in [-0.1, -0.05) is 18.2 Å². The molecule has 0 radical (unpaired) electrons. The standard InChI is InChI=1S/C20H20N4O2/c1-13(19-22-23-20(26-19)15-6-4-3-5-7-15)21-17-8-9-18-16(12-17)10-11-24(18)14(2)25/h3-9,12-13,21H,10-11H2,1-2H3. The molecule has 0 saturated heterocycles. The first kappa shape index (κ1) is 16.3. The minimum Gasteiger partial charge on any atom is -0.418 e. The van der Waals surface area contributed by atoms with E-state index in [9.17, 15) is 4.79 Å². The number of carbonyl (C=O) groups excluding carboxylic acids is 1. The van der Waals surface area contributed by atoms with Gasteiger partial charge in [0.05, 0.1) is 0 Å². The summed E-state index contributed by atoms with van der Waals surface area (Å²) in [5.74, 6) is 1.13. The van der Waals surface area contributed by atoms with Crippen LogP contribution in [-0.4, -0.2) is 22.6 Å². The minimum atomic E-state index is -0.122. The van der Waals surface area contributed by atoms with Crippen LogP contribution in [0.25, 0.3) is 11.5 Å². The monoisotopic (exact) mass is 348 g/mol. The SMILES string of the molecule is CC(=O)N1CCc2cc(NC(C)c3nnc(-c4ccccc4)o3)ccc21. The molecule has 1 atom stereocenters. The summed E-state index contributed by atoms with van der Waals surface area (Å²) in [5.41, 5.74) is 4.05. The highest BCUT2D eigenvalue weighted by Crippen LogP contribution is 2.32. The lowest BCUT2D eigenvalue weighted by atomic mass is 10.1. The third kappa shape index (κ3) is 3.06. The van der Waals surface area contributed by atoms with Crippen LogP contribution in [0.2, 0.25) is 0 Å². The molecule has 2 heterocycles. The highest BCUT2D eigenvalue weighted by molar-refractivity contribution is 5.94. The summed E-state index contributed by atoms with van der Waals surface area (Å²) < 4.78 is 5.81. The Labute approximate surface area is 151 Å². The first-order valence-electron chi connectivity index (χ1n) is 8.68. The predicted octanol–water partition coefficient (Wildman–Crippen LogP) is 3.82. The van der Waals surface area contributed by atoms with E-state index < -0.39 is 0 Å². The van der Waals surface area contributed by atoms with Gasteiger partial charge in [0.1, 0.15) is 6.04 Å². The van der Waals surface area contributed by atoms with E-state index >= 15 is 0 Å². The summed E-state index contributed by atoms with van der Waals surface area (Å²) in [7, 11) is 0. The summed E-state index contributed by atoms with van der Waals surface area (Å²) in [6.07, 6.45) is 0.873. The van der Waals surface area contributed by atoms with Crippen LogP contribution >= 0.6 is 0 Å². The number of aromatic nitrogens is 2. The van der Waals surface area contributed by atoms with Gasteiger partial charge in [0.25, 0.3) is 0 Å². The van der Waals surface area contributed by atoms with Crippen molar-refractivity contribution in [1.82, 2.24) is 10.2 Å². The van der Waals surface area contributed by atoms with Gasteiger partial charge in [-0.3, -0.25) is 4.79 Å². The van der Waals surface area contributed by atoms with Crippen LogP contribution in [-0.2, 0) is 11.2 Å². The molecule has 1 amide bonds. The summed E-state index contributed by atoms with van der Waals surface area (Å²) in [6.45, 7) is 4.33. The van der Waals surface area contributed by atoms with Crippen molar-refractivity contribution in [1.29, 1.82) is 0 Å². The van der Waals surface area contributed by atoms with Crippen LogP contribution in [0.4, 0.5) is 11.4 Å². The second-order valence-electron chi connectivity index (χ2n) is 6.44. The number of fused-ring (bicyclic) bond motifs is 1. The molecule has 0 saturated carbocycles. The Morgan fingerprint density at radius 1 is 1.19 bits per heavy atom. The van der Waals surface area contributed by atoms with Gasteiger partial charge < -0.3 is 14.6 Å². The maximum absolute atomic E-state index is 11.7. The number of nitrogens with one attached hydrogen (secondary N) is 1. The zero-order valence-corrected chi connectivity index (χ0v) is 14.8. The Kier molecular flexibility index (Phi) is 4.16. The van der Waals surface area contributed by atoms with Crippen molar-refractivity contribution in [3.05, 3.63) is 60.0 Å². The molecule has 3 aromatic rings. The molecule has 1 aliphatic heterocycles. The van der Waals surface area contributed by atoms with Gasteiger partial charge in [-0.15, -0.1) is 10.2 Å². The van der Waals surface area contributed by atoms with Crippen LogP contribution in [0, 0.1) is 0 Å². The van der Waals surface area contributed by atoms with Crippen LogP contribution in [0.3, 0.4) is 0 Å². The van der Waals surface area contributed by atoms with Crippen molar-refractivity contribution in [3.63, 3.8) is 0 Å². The number of nitrogens with zero attached hydrogens (tertiary/aromatic N) is 3. The Morgan fingerprint density at radius 2 is 2.00 bits per heavy atom. The molecule has 1 N–H and O–H groups in total. The molecule has 132 valence electrons. The van der Waals surface area contributed by atoms with Gasteiger partial charge in [-0.2, -0.15) is 0 Å². The smallest absolute Gasteiger partial charge is 0.247 e. The van der Waals surface area contributed by atoms with Gasteiger partial charge in [-0.25, -0.2) is 0 Å². The van der Waals surface area contributed by atoms with E-state index in [4.69, 9.17) is 4.42 Å². The molecule has 2 aromatic carbocycles. The average molecular weight is 348 g/mol. The number of rotatable bonds is 4. The maximum atomic E-state index is 11.7. The largest absolute Gasteiger partial charge is 0.418 e. The van der Waals surface area contributed by atoms with E-state index in [1.807, 2.05) is 54.3 Å². The Hall–Kier alpha value is -3.15. The number of carbonyl (C=O) groups is 1. The average Bonchev–Trinajstić information content (AvgIpc) is 3.29. The summed E-state index contributed by atoms with van der Waals surface area (Å²) in [6, 6.07) is 15.6. The van der Waals surface area contributed by atoms with E-state index in [0.717, 1.165) is 29.9 Å². The van der Waals surface area contributed by atoms with Crippen LogP contribution < -0.4 is 10.2 Å². The molecule has 0 bridgehead atoms. The molecular weight excluding hydrogens is 328 g/mol. The van der Waals surface area contributed by atoms with Gasteiger partial charge in [0.15, 0.2) is 0 Å². The predicted molar refractivity (Wildman–Crippen MR) is 99.9 cm³/mol. The maximum Gasteiger partial charge on any atom is 0.247 e.